The summed E-state index contributed by atoms with van der Waals surface area (Å²) in [4.78, 5) is 24.6. The average molecular weight is 280 g/mol. The summed E-state index contributed by atoms with van der Waals surface area (Å²) >= 11 is 0. The molecule has 4 N–H and O–H groups in total. The molecular weight excluding hydrogens is 260 g/mol. The minimum Gasteiger partial charge on any atom is -0.479 e. The molecule has 1 rings (SSSR count). The molecule has 7 heteroatoms. The normalized spacial score (nSPS) is 11.4. The van der Waals surface area contributed by atoms with E-state index in [1.165, 1.54) is 7.05 Å². The van der Waals surface area contributed by atoms with Gasteiger partial charge in [0.25, 0.3) is 5.91 Å². The zero-order valence-electron chi connectivity index (χ0n) is 12.1. The highest BCUT2D eigenvalue weighted by Crippen LogP contribution is 2.27. The summed E-state index contributed by atoms with van der Waals surface area (Å²) in [5.74, 6) is -0.144. The topological polar surface area (TPSA) is 96.7 Å². The highest BCUT2D eigenvalue weighted by Gasteiger charge is 2.18. The van der Waals surface area contributed by atoms with Gasteiger partial charge in [-0.3, -0.25) is 10.1 Å². The van der Waals surface area contributed by atoms with E-state index < -0.39 is 18.0 Å². The van der Waals surface area contributed by atoms with E-state index in [2.05, 4.69) is 10.6 Å². The maximum absolute atomic E-state index is 11.7. The molecule has 3 amide bonds. The van der Waals surface area contributed by atoms with E-state index in [-0.39, 0.29) is 0 Å². The minimum absolute atomic E-state index is 0.399. The molecule has 0 fully saturated rings. The molecule has 1 unspecified atom stereocenters. The van der Waals surface area contributed by atoms with Crippen LogP contribution in [0, 0.1) is 0 Å². The number of nitrogens with two attached hydrogens (primary N) is 1. The number of benzene rings is 1. The third-order valence-electron chi connectivity index (χ3n) is 2.65. The first-order chi connectivity index (χ1) is 9.35. The van der Waals surface area contributed by atoms with Crippen LogP contribution in [0.5, 0.6) is 5.75 Å². The van der Waals surface area contributed by atoms with Crippen LogP contribution in [0.15, 0.2) is 18.2 Å². The second kappa shape index (κ2) is 6.65. The van der Waals surface area contributed by atoms with E-state index in [4.69, 9.17) is 10.5 Å². The van der Waals surface area contributed by atoms with Crippen LogP contribution in [0.3, 0.4) is 0 Å². The van der Waals surface area contributed by atoms with E-state index in [1.807, 2.05) is 25.1 Å². The van der Waals surface area contributed by atoms with E-state index >= 15 is 0 Å². The van der Waals surface area contributed by atoms with Crippen molar-refractivity contribution in [1.29, 1.82) is 0 Å². The lowest BCUT2D eigenvalue weighted by Crippen LogP contribution is -2.44. The van der Waals surface area contributed by atoms with Crippen molar-refractivity contribution in [3.8, 4) is 5.75 Å². The van der Waals surface area contributed by atoms with Crippen molar-refractivity contribution in [3.05, 3.63) is 18.2 Å². The first kappa shape index (κ1) is 15.6. The molecule has 0 bridgehead atoms. The fraction of sp³-hybridized carbons (Fsp3) is 0.385. The van der Waals surface area contributed by atoms with Crippen molar-refractivity contribution in [2.24, 2.45) is 0 Å². The third kappa shape index (κ3) is 4.04. The molecule has 110 valence electrons. The summed E-state index contributed by atoms with van der Waals surface area (Å²) in [6, 6.07) is 4.70. The van der Waals surface area contributed by atoms with Crippen molar-refractivity contribution < 1.29 is 14.3 Å². The van der Waals surface area contributed by atoms with Gasteiger partial charge in [-0.05, 0) is 19.1 Å². The van der Waals surface area contributed by atoms with E-state index in [0.29, 0.717) is 11.4 Å². The molecule has 0 aromatic heterocycles. The molecule has 0 aliphatic rings. The molecule has 0 aliphatic heterocycles. The third-order valence-corrected chi connectivity index (χ3v) is 2.65. The Balaban J connectivity index is 2.79. The predicted octanol–water partition coefficient (Wildman–Crippen LogP) is 0.558. The van der Waals surface area contributed by atoms with Crippen LogP contribution < -0.4 is 26.0 Å². The fourth-order valence-corrected chi connectivity index (χ4v) is 1.42. The van der Waals surface area contributed by atoms with E-state index in [9.17, 15) is 9.59 Å². The van der Waals surface area contributed by atoms with Gasteiger partial charge in [0, 0.05) is 32.9 Å². The van der Waals surface area contributed by atoms with Crippen LogP contribution in [0.25, 0.3) is 0 Å². The maximum Gasteiger partial charge on any atom is 0.321 e. The number of urea groups is 1. The molecule has 0 aliphatic carbocycles. The number of nitrogens with zero attached hydrogens (tertiary/aromatic N) is 1. The van der Waals surface area contributed by atoms with Crippen LogP contribution in [0.4, 0.5) is 16.2 Å². The first-order valence-electron chi connectivity index (χ1n) is 6.11. The molecule has 0 radical (unpaired) electrons. The van der Waals surface area contributed by atoms with Crippen LogP contribution in [-0.4, -0.2) is 39.2 Å². The van der Waals surface area contributed by atoms with Gasteiger partial charge in [0.15, 0.2) is 6.10 Å². The number of hydrogen-bond donors (Lipinski definition) is 3. The molecule has 1 atom stereocenters. The molecular formula is C13H20N4O3. The van der Waals surface area contributed by atoms with Crippen molar-refractivity contribution in [1.82, 2.24) is 10.6 Å². The predicted molar refractivity (Wildman–Crippen MR) is 77.9 cm³/mol. The Morgan fingerprint density at radius 2 is 2.00 bits per heavy atom. The number of imide groups is 1. The largest absolute Gasteiger partial charge is 0.479 e. The van der Waals surface area contributed by atoms with Crippen molar-refractivity contribution in [3.63, 3.8) is 0 Å². The number of amides is 3. The van der Waals surface area contributed by atoms with Gasteiger partial charge in [0.2, 0.25) is 0 Å². The quantitative estimate of drug-likeness (QED) is 0.700. The monoisotopic (exact) mass is 280 g/mol. The van der Waals surface area contributed by atoms with Gasteiger partial charge in [0.05, 0.1) is 5.69 Å². The molecule has 7 nitrogen and oxygen atoms in total. The van der Waals surface area contributed by atoms with Crippen LogP contribution in [0.1, 0.15) is 6.92 Å². The Morgan fingerprint density at radius 1 is 1.35 bits per heavy atom. The van der Waals surface area contributed by atoms with E-state index in [1.54, 1.807) is 19.1 Å². The Morgan fingerprint density at radius 3 is 2.55 bits per heavy atom. The van der Waals surface area contributed by atoms with Gasteiger partial charge in [-0.1, -0.05) is 0 Å². The Kier molecular flexibility index (Phi) is 5.19. The summed E-state index contributed by atoms with van der Waals surface area (Å²) in [5.41, 5.74) is 7.13. The Bertz CT molecular complexity index is 502. The van der Waals surface area contributed by atoms with Crippen LogP contribution in [-0.2, 0) is 4.79 Å². The Labute approximate surface area is 118 Å². The number of rotatable bonds is 4. The highest BCUT2D eigenvalue weighted by molar-refractivity contribution is 5.96. The van der Waals surface area contributed by atoms with Crippen molar-refractivity contribution in [2.45, 2.75) is 13.0 Å². The second-order valence-corrected chi connectivity index (χ2v) is 4.45. The van der Waals surface area contributed by atoms with Crippen LogP contribution >= 0.6 is 0 Å². The molecule has 0 saturated heterocycles. The van der Waals surface area contributed by atoms with Gasteiger partial charge < -0.3 is 20.7 Å². The first-order valence-corrected chi connectivity index (χ1v) is 6.11. The number of carbonyl (C=O) groups excluding carboxylic acids is 2. The number of hydrogen-bond acceptors (Lipinski definition) is 5. The molecule has 1 aromatic carbocycles. The molecule has 0 heterocycles. The lowest BCUT2D eigenvalue weighted by Gasteiger charge is -2.18. The van der Waals surface area contributed by atoms with Gasteiger partial charge in [-0.15, -0.1) is 0 Å². The van der Waals surface area contributed by atoms with Crippen molar-refractivity contribution in [2.75, 3.05) is 31.8 Å². The summed E-state index contributed by atoms with van der Waals surface area (Å²) in [5, 5.41) is 4.43. The van der Waals surface area contributed by atoms with Crippen molar-refractivity contribution >= 4 is 23.3 Å². The number of anilines is 2. The molecule has 0 spiro atoms. The number of nitrogen functional groups attached to an aromatic ring is 1. The van der Waals surface area contributed by atoms with Gasteiger partial charge >= 0.3 is 6.03 Å². The molecule has 0 saturated carbocycles. The number of ether oxygens (including phenoxy) is 1. The standard InChI is InChI=1S/C13H20N4O3/c1-8(12(18)16-13(19)15-2)20-11-7-9(17(3)4)5-6-10(11)14/h5-8H,14H2,1-4H3,(H2,15,16,18,19). The maximum atomic E-state index is 11.7. The van der Waals surface area contributed by atoms with Gasteiger partial charge in [0.1, 0.15) is 5.75 Å². The average Bonchev–Trinajstić information content (AvgIpc) is 2.40. The smallest absolute Gasteiger partial charge is 0.321 e. The zero-order valence-corrected chi connectivity index (χ0v) is 12.1. The zero-order chi connectivity index (χ0) is 15.3. The van der Waals surface area contributed by atoms with Gasteiger partial charge in [-0.25, -0.2) is 4.79 Å². The summed E-state index contributed by atoms with van der Waals surface area (Å²) in [6.07, 6.45) is -0.841. The summed E-state index contributed by atoms with van der Waals surface area (Å²) < 4.78 is 5.50. The lowest BCUT2D eigenvalue weighted by molar-refractivity contribution is -0.126. The molecule has 1 aromatic rings. The minimum atomic E-state index is -0.841. The van der Waals surface area contributed by atoms with E-state index in [0.717, 1.165) is 5.69 Å². The van der Waals surface area contributed by atoms with Gasteiger partial charge in [-0.2, -0.15) is 0 Å². The number of nitrogens with one attached hydrogen (secondary N) is 2. The molecule has 20 heavy (non-hydrogen) atoms. The fourth-order valence-electron chi connectivity index (χ4n) is 1.42. The second-order valence-electron chi connectivity index (χ2n) is 4.45. The summed E-state index contributed by atoms with van der Waals surface area (Å²) in [6.45, 7) is 1.54. The number of carbonyl (C=O) groups is 2. The lowest BCUT2D eigenvalue weighted by atomic mass is 10.2. The summed E-state index contributed by atoms with van der Waals surface area (Å²) in [7, 11) is 5.20. The SMILES string of the molecule is CNC(=O)NC(=O)C(C)Oc1cc(N(C)C)ccc1N. The van der Waals surface area contributed by atoms with Crippen LogP contribution in [0.2, 0.25) is 0 Å². The highest BCUT2D eigenvalue weighted by atomic mass is 16.5. The Hall–Kier alpha value is -2.44.